The third kappa shape index (κ3) is 3.91. The van der Waals surface area contributed by atoms with Crippen molar-refractivity contribution >= 4 is 15.8 Å². The van der Waals surface area contributed by atoms with Crippen molar-refractivity contribution < 1.29 is 8.42 Å². The molecule has 1 N–H and O–H groups in total. The van der Waals surface area contributed by atoms with Gasteiger partial charge in [-0.3, -0.25) is 0 Å². The highest BCUT2D eigenvalue weighted by Crippen LogP contribution is 2.22. The van der Waals surface area contributed by atoms with Crippen LogP contribution in [-0.2, 0) is 10.0 Å². The van der Waals surface area contributed by atoms with Crippen LogP contribution in [-0.4, -0.2) is 37.3 Å². The van der Waals surface area contributed by atoms with Gasteiger partial charge in [-0.25, -0.2) is 13.4 Å². The molecule has 0 saturated carbocycles. The molecular formula is C13H23N3O2S. The van der Waals surface area contributed by atoms with E-state index in [1.165, 1.54) is 4.31 Å². The second-order valence-electron chi connectivity index (χ2n) is 4.23. The Balaban J connectivity index is 3.10. The molecule has 0 saturated heterocycles. The minimum Gasteiger partial charge on any atom is -0.369 e. The maximum atomic E-state index is 12.6. The molecule has 0 atom stereocenters. The van der Waals surface area contributed by atoms with E-state index in [4.69, 9.17) is 0 Å². The van der Waals surface area contributed by atoms with Crippen molar-refractivity contribution in [3.05, 3.63) is 18.3 Å². The van der Waals surface area contributed by atoms with E-state index in [-0.39, 0.29) is 4.90 Å². The molecule has 1 rings (SSSR count). The molecule has 19 heavy (non-hydrogen) atoms. The van der Waals surface area contributed by atoms with Gasteiger partial charge in [-0.05, 0) is 25.5 Å². The number of hydrogen-bond acceptors (Lipinski definition) is 4. The van der Waals surface area contributed by atoms with Gasteiger partial charge in [-0.15, -0.1) is 0 Å². The first-order valence-corrected chi connectivity index (χ1v) is 8.20. The Morgan fingerprint density at radius 1 is 1.32 bits per heavy atom. The molecule has 0 spiro atoms. The average Bonchev–Trinajstić information content (AvgIpc) is 2.40. The molecule has 0 radical (unpaired) electrons. The third-order valence-electron chi connectivity index (χ3n) is 2.85. The number of aromatic nitrogens is 1. The van der Waals surface area contributed by atoms with Crippen molar-refractivity contribution in [3.8, 4) is 0 Å². The SMILES string of the molecule is CCCCN(CC)S(=O)(=O)c1cccnc1NCC. The summed E-state index contributed by atoms with van der Waals surface area (Å²) in [6.45, 7) is 7.49. The summed E-state index contributed by atoms with van der Waals surface area (Å²) in [7, 11) is -3.47. The number of unbranched alkanes of at least 4 members (excludes halogenated alkanes) is 1. The number of nitrogens with zero attached hydrogens (tertiary/aromatic N) is 2. The predicted molar refractivity (Wildman–Crippen MR) is 77.7 cm³/mol. The molecule has 1 aromatic rings. The first-order valence-electron chi connectivity index (χ1n) is 6.76. The number of pyridine rings is 1. The van der Waals surface area contributed by atoms with Crippen molar-refractivity contribution in [2.24, 2.45) is 0 Å². The number of anilines is 1. The van der Waals surface area contributed by atoms with Crippen molar-refractivity contribution in [1.82, 2.24) is 9.29 Å². The monoisotopic (exact) mass is 285 g/mol. The van der Waals surface area contributed by atoms with Gasteiger partial charge in [0.25, 0.3) is 0 Å². The van der Waals surface area contributed by atoms with E-state index < -0.39 is 10.0 Å². The highest BCUT2D eigenvalue weighted by molar-refractivity contribution is 7.89. The van der Waals surface area contributed by atoms with Crippen LogP contribution in [0.4, 0.5) is 5.82 Å². The van der Waals surface area contributed by atoms with E-state index in [9.17, 15) is 8.42 Å². The van der Waals surface area contributed by atoms with E-state index >= 15 is 0 Å². The van der Waals surface area contributed by atoms with Crippen molar-refractivity contribution in [2.45, 2.75) is 38.5 Å². The zero-order valence-corrected chi connectivity index (χ0v) is 12.7. The second kappa shape index (κ2) is 7.45. The van der Waals surface area contributed by atoms with Crippen LogP contribution in [0.15, 0.2) is 23.2 Å². The molecule has 1 aromatic heterocycles. The van der Waals surface area contributed by atoms with Crippen LogP contribution >= 0.6 is 0 Å². The van der Waals surface area contributed by atoms with Crippen LogP contribution in [0.25, 0.3) is 0 Å². The Kier molecular flexibility index (Phi) is 6.24. The lowest BCUT2D eigenvalue weighted by atomic mass is 10.3. The lowest BCUT2D eigenvalue weighted by molar-refractivity contribution is 0.419. The summed E-state index contributed by atoms with van der Waals surface area (Å²) in [5, 5.41) is 3.00. The molecule has 0 amide bonds. The molecule has 6 heteroatoms. The Bertz CT molecular complexity index is 488. The quantitative estimate of drug-likeness (QED) is 0.796. The van der Waals surface area contributed by atoms with E-state index in [0.717, 1.165) is 12.8 Å². The minimum absolute atomic E-state index is 0.259. The first kappa shape index (κ1) is 15.9. The van der Waals surface area contributed by atoms with E-state index in [0.29, 0.717) is 25.5 Å². The molecule has 0 aliphatic rings. The van der Waals surface area contributed by atoms with Gasteiger partial charge in [0.1, 0.15) is 10.7 Å². The van der Waals surface area contributed by atoms with Gasteiger partial charge in [0, 0.05) is 25.8 Å². The van der Waals surface area contributed by atoms with E-state index in [1.54, 1.807) is 18.3 Å². The smallest absolute Gasteiger partial charge is 0.246 e. The molecule has 0 bridgehead atoms. The Labute approximate surface area is 116 Å². The number of sulfonamides is 1. The molecule has 0 aromatic carbocycles. The summed E-state index contributed by atoms with van der Waals surface area (Å²) in [6.07, 6.45) is 3.43. The minimum atomic E-state index is -3.47. The third-order valence-corrected chi connectivity index (χ3v) is 4.85. The van der Waals surface area contributed by atoms with Gasteiger partial charge in [0.15, 0.2) is 0 Å². The predicted octanol–water partition coefficient (Wildman–Crippen LogP) is 2.32. The fraction of sp³-hybridized carbons (Fsp3) is 0.615. The zero-order chi connectivity index (χ0) is 14.3. The molecule has 1 heterocycles. The van der Waals surface area contributed by atoms with Crippen LogP contribution in [0.5, 0.6) is 0 Å². The van der Waals surface area contributed by atoms with Gasteiger partial charge in [0.05, 0.1) is 0 Å². The van der Waals surface area contributed by atoms with Gasteiger partial charge in [0.2, 0.25) is 10.0 Å². The molecule has 0 aliphatic carbocycles. The number of rotatable bonds is 8. The van der Waals surface area contributed by atoms with Crippen LogP contribution < -0.4 is 5.32 Å². The fourth-order valence-electron chi connectivity index (χ4n) is 1.82. The lowest BCUT2D eigenvalue weighted by Gasteiger charge is -2.21. The molecule has 108 valence electrons. The zero-order valence-electron chi connectivity index (χ0n) is 11.9. The Morgan fingerprint density at radius 2 is 2.05 bits per heavy atom. The van der Waals surface area contributed by atoms with Gasteiger partial charge in [-0.1, -0.05) is 20.3 Å². The van der Waals surface area contributed by atoms with Crippen LogP contribution in [0.2, 0.25) is 0 Å². The summed E-state index contributed by atoms with van der Waals surface area (Å²) in [5.41, 5.74) is 0. The summed E-state index contributed by atoms with van der Waals surface area (Å²) in [6, 6.07) is 3.26. The molecule has 0 unspecified atom stereocenters. The van der Waals surface area contributed by atoms with Crippen LogP contribution in [0.3, 0.4) is 0 Å². The first-order chi connectivity index (χ1) is 9.07. The van der Waals surface area contributed by atoms with Gasteiger partial charge >= 0.3 is 0 Å². The van der Waals surface area contributed by atoms with Crippen molar-refractivity contribution in [1.29, 1.82) is 0 Å². The standard InChI is InChI=1S/C13H23N3O2S/c1-4-7-11-16(6-3)19(17,18)12-9-8-10-15-13(12)14-5-2/h8-10H,4-7,11H2,1-3H3,(H,14,15). The maximum Gasteiger partial charge on any atom is 0.246 e. The van der Waals surface area contributed by atoms with E-state index in [1.807, 2.05) is 13.8 Å². The van der Waals surface area contributed by atoms with Gasteiger partial charge < -0.3 is 5.32 Å². The molecular weight excluding hydrogens is 262 g/mol. The van der Waals surface area contributed by atoms with Crippen LogP contribution in [0, 0.1) is 0 Å². The Morgan fingerprint density at radius 3 is 2.63 bits per heavy atom. The number of nitrogens with one attached hydrogen (secondary N) is 1. The van der Waals surface area contributed by atoms with Crippen LogP contribution in [0.1, 0.15) is 33.6 Å². The molecule has 0 aliphatic heterocycles. The summed E-state index contributed by atoms with van der Waals surface area (Å²) < 4.78 is 26.7. The Hall–Kier alpha value is -1.14. The fourth-order valence-corrected chi connectivity index (χ4v) is 3.43. The molecule has 0 fully saturated rings. The second-order valence-corrected chi connectivity index (χ2v) is 6.14. The average molecular weight is 285 g/mol. The highest BCUT2D eigenvalue weighted by Gasteiger charge is 2.25. The number of hydrogen-bond donors (Lipinski definition) is 1. The topological polar surface area (TPSA) is 62.3 Å². The normalized spacial score (nSPS) is 11.8. The van der Waals surface area contributed by atoms with Gasteiger partial charge in [-0.2, -0.15) is 4.31 Å². The van der Waals surface area contributed by atoms with Crippen molar-refractivity contribution in [3.63, 3.8) is 0 Å². The summed E-state index contributed by atoms with van der Waals surface area (Å²) in [4.78, 5) is 4.37. The maximum absolute atomic E-state index is 12.6. The van der Waals surface area contributed by atoms with E-state index in [2.05, 4.69) is 17.2 Å². The highest BCUT2D eigenvalue weighted by atomic mass is 32.2. The van der Waals surface area contributed by atoms with Crippen molar-refractivity contribution in [2.75, 3.05) is 25.0 Å². The largest absolute Gasteiger partial charge is 0.369 e. The lowest BCUT2D eigenvalue weighted by Crippen LogP contribution is -2.32. The summed E-state index contributed by atoms with van der Waals surface area (Å²) in [5.74, 6) is 0.431. The molecule has 5 nitrogen and oxygen atoms in total. The summed E-state index contributed by atoms with van der Waals surface area (Å²) >= 11 is 0.